The summed E-state index contributed by atoms with van der Waals surface area (Å²) >= 11 is 0. The van der Waals surface area contributed by atoms with E-state index >= 15 is 0 Å². The summed E-state index contributed by atoms with van der Waals surface area (Å²) in [6.45, 7) is 4.41. The summed E-state index contributed by atoms with van der Waals surface area (Å²) in [5.41, 5.74) is 0.738. The van der Waals surface area contributed by atoms with E-state index in [1.807, 2.05) is 6.07 Å². The van der Waals surface area contributed by atoms with E-state index < -0.39 is 58.5 Å². The first-order chi connectivity index (χ1) is 15.9. The van der Waals surface area contributed by atoms with Gasteiger partial charge in [-0.05, 0) is 18.4 Å². The Balaban J connectivity index is 2.87. The van der Waals surface area contributed by atoms with Gasteiger partial charge in [0.2, 0.25) is 5.91 Å². The lowest BCUT2D eigenvalue weighted by atomic mass is 10.0. The number of nitrogens with one attached hydrogen (secondary N) is 3. The van der Waals surface area contributed by atoms with E-state index in [0.717, 1.165) is 26.7 Å². The Hall–Kier alpha value is -3.39. The molecule has 13 nitrogen and oxygen atoms in total. The fourth-order valence-corrected chi connectivity index (χ4v) is 3.43. The van der Waals surface area contributed by atoms with Gasteiger partial charge in [0.1, 0.15) is 18.8 Å². The van der Waals surface area contributed by atoms with Crippen LogP contribution in [0.3, 0.4) is 0 Å². The van der Waals surface area contributed by atoms with Gasteiger partial charge >= 0.3 is 28.5 Å². The van der Waals surface area contributed by atoms with Crippen LogP contribution in [0.5, 0.6) is 0 Å². The molecule has 0 unspecified atom stereocenters. The first kappa shape index (κ1) is 28.6. The molecule has 3 N–H and O–H groups in total. The summed E-state index contributed by atoms with van der Waals surface area (Å²) in [5, 5.41) is 4.71. The van der Waals surface area contributed by atoms with Crippen molar-refractivity contribution in [2.24, 2.45) is 5.92 Å². The molecule has 1 aromatic carbocycles. The number of hydrogen-bond acceptors (Lipinski definition) is 10. The van der Waals surface area contributed by atoms with Crippen LogP contribution in [0.2, 0.25) is 0 Å². The van der Waals surface area contributed by atoms with E-state index in [-0.39, 0.29) is 6.61 Å². The second-order valence-corrected chi connectivity index (χ2v) is 8.59. The van der Waals surface area contributed by atoms with Crippen LogP contribution in [0.1, 0.15) is 26.3 Å². The highest BCUT2D eigenvalue weighted by Crippen LogP contribution is 2.09. The highest BCUT2D eigenvalue weighted by Gasteiger charge is 2.35. The number of rotatable bonds is 11. The van der Waals surface area contributed by atoms with Gasteiger partial charge in [0.15, 0.2) is 6.04 Å². The number of ether oxygens (including phenoxy) is 3. The number of benzene rings is 1. The van der Waals surface area contributed by atoms with E-state index in [9.17, 15) is 27.6 Å². The maximum Gasteiger partial charge on any atom is 0.422 e. The van der Waals surface area contributed by atoms with Crippen molar-refractivity contribution in [1.82, 2.24) is 15.4 Å². The molecule has 0 bridgehead atoms. The van der Waals surface area contributed by atoms with Crippen molar-refractivity contribution < 1.29 is 46.0 Å². The van der Waals surface area contributed by atoms with E-state index in [4.69, 9.17) is 8.92 Å². The summed E-state index contributed by atoms with van der Waals surface area (Å²) < 4.78 is 43.9. The van der Waals surface area contributed by atoms with Crippen LogP contribution < -0.4 is 15.4 Å². The third kappa shape index (κ3) is 9.62. The van der Waals surface area contributed by atoms with E-state index in [2.05, 4.69) is 20.1 Å². The maximum atomic E-state index is 12.8. The third-order valence-electron chi connectivity index (χ3n) is 4.33. The Kier molecular flexibility index (Phi) is 11.2. The van der Waals surface area contributed by atoms with Crippen LogP contribution in [-0.4, -0.2) is 64.9 Å². The molecule has 0 saturated carbocycles. The van der Waals surface area contributed by atoms with E-state index in [1.165, 1.54) is 4.72 Å². The molecule has 0 aliphatic heterocycles. The van der Waals surface area contributed by atoms with Crippen LogP contribution in [0.4, 0.5) is 9.59 Å². The molecule has 0 fully saturated rings. The Morgan fingerprint density at radius 2 is 1.50 bits per heavy atom. The SMILES string of the molecule is COC(=O)NS(=O)(=O)O[C@H](C)[C@H](NC(=O)[C@@H](NC(=O)OCc1ccccc1)C(C)C)C(=O)OC. The molecule has 0 aromatic heterocycles. The lowest BCUT2D eigenvalue weighted by Gasteiger charge is -2.26. The zero-order valence-corrected chi connectivity index (χ0v) is 20.2. The standard InChI is InChI=1S/C20H29N3O10S/c1-12(2)15(22-19(26)32-11-14-9-7-6-8-10-14)17(24)21-16(18(25)30-4)13(3)33-34(28,29)23-20(27)31-5/h6-10,12-13,15-16H,11H2,1-5H3,(H,21,24)(H,22,26)(H,23,27)/t13-,15+,16+/m1/s1. The van der Waals surface area contributed by atoms with Crippen molar-refractivity contribution >= 4 is 34.4 Å². The lowest BCUT2D eigenvalue weighted by Crippen LogP contribution is -2.57. The zero-order valence-electron chi connectivity index (χ0n) is 19.4. The highest BCUT2D eigenvalue weighted by molar-refractivity contribution is 7.85. The smallest absolute Gasteiger partial charge is 0.422 e. The molecule has 0 aliphatic carbocycles. The molecule has 14 heteroatoms. The fourth-order valence-electron chi connectivity index (χ4n) is 2.59. The second-order valence-electron chi connectivity index (χ2n) is 7.29. The van der Waals surface area contributed by atoms with Gasteiger partial charge in [-0.3, -0.25) is 4.79 Å². The topological polar surface area (TPSA) is 175 Å². The van der Waals surface area contributed by atoms with Crippen LogP contribution in [0.25, 0.3) is 0 Å². The van der Waals surface area contributed by atoms with Gasteiger partial charge in [-0.25, -0.2) is 18.6 Å². The zero-order chi connectivity index (χ0) is 25.9. The Morgan fingerprint density at radius 3 is 2.03 bits per heavy atom. The Bertz CT molecular complexity index is 953. The summed E-state index contributed by atoms with van der Waals surface area (Å²) in [6, 6.07) is 6.12. The predicted molar refractivity (Wildman–Crippen MR) is 117 cm³/mol. The molecule has 1 aromatic rings. The summed E-state index contributed by atoms with van der Waals surface area (Å²) in [6.07, 6.45) is -3.69. The molecule has 0 radical (unpaired) electrons. The number of carbonyl (C=O) groups excluding carboxylic acids is 4. The van der Waals surface area contributed by atoms with Crippen molar-refractivity contribution in [3.63, 3.8) is 0 Å². The Labute approximate surface area is 197 Å². The summed E-state index contributed by atoms with van der Waals surface area (Å²) in [4.78, 5) is 48.4. The van der Waals surface area contributed by atoms with Crippen LogP contribution in [0, 0.1) is 5.92 Å². The molecule has 1 rings (SSSR count). The molecular weight excluding hydrogens is 474 g/mol. The molecule has 190 valence electrons. The number of carbonyl (C=O) groups is 4. The molecule has 0 aliphatic rings. The molecule has 3 atom stereocenters. The largest absolute Gasteiger partial charge is 0.467 e. The van der Waals surface area contributed by atoms with Crippen molar-refractivity contribution in [2.45, 2.75) is 45.6 Å². The molecule has 3 amide bonds. The maximum absolute atomic E-state index is 12.8. The minimum atomic E-state index is -4.68. The van der Waals surface area contributed by atoms with Gasteiger partial charge in [0.05, 0.1) is 14.2 Å². The van der Waals surface area contributed by atoms with Crippen LogP contribution in [-0.2, 0) is 44.9 Å². The molecule has 0 saturated heterocycles. The van der Waals surface area contributed by atoms with Gasteiger partial charge in [-0.1, -0.05) is 44.2 Å². The van der Waals surface area contributed by atoms with Gasteiger partial charge in [0.25, 0.3) is 0 Å². The minimum Gasteiger partial charge on any atom is -0.467 e. The molecule has 0 spiro atoms. The van der Waals surface area contributed by atoms with Gasteiger partial charge in [0, 0.05) is 0 Å². The summed E-state index contributed by atoms with van der Waals surface area (Å²) in [5.74, 6) is -2.29. The average molecular weight is 504 g/mol. The quantitative estimate of drug-likeness (QED) is 0.286. The first-order valence-corrected chi connectivity index (χ1v) is 11.4. The van der Waals surface area contributed by atoms with E-state index in [0.29, 0.717) is 0 Å². The fraction of sp³-hybridized carbons (Fsp3) is 0.500. The van der Waals surface area contributed by atoms with Crippen LogP contribution in [0.15, 0.2) is 30.3 Å². The highest BCUT2D eigenvalue weighted by atomic mass is 32.2. The number of methoxy groups -OCH3 is 2. The van der Waals surface area contributed by atoms with E-state index in [1.54, 1.807) is 38.1 Å². The molecule has 34 heavy (non-hydrogen) atoms. The molecular formula is C20H29N3O10S. The van der Waals surface area contributed by atoms with Crippen molar-refractivity contribution in [1.29, 1.82) is 0 Å². The second kappa shape index (κ2) is 13.3. The Morgan fingerprint density at radius 1 is 0.882 bits per heavy atom. The number of esters is 1. The van der Waals surface area contributed by atoms with Gasteiger partial charge in [-0.2, -0.15) is 13.1 Å². The summed E-state index contributed by atoms with van der Waals surface area (Å²) in [7, 11) is -2.71. The van der Waals surface area contributed by atoms with Crippen LogP contribution >= 0.6 is 0 Å². The molecule has 0 heterocycles. The normalized spacial score (nSPS) is 13.7. The van der Waals surface area contributed by atoms with Gasteiger partial charge in [-0.15, -0.1) is 0 Å². The first-order valence-electron chi connectivity index (χ1n) is 10.0. The average Bonchev–Trinajstić information content (AvgIpc) is 2.78. The number of amides is 3. The van der Waals surface area contributed by atoms with Crippen molar-refractivity contribution in [3.8, 4) is 0 Å². The lowest BCUT2D eigenvalue weighted by molar-refractivity contribution is -0.147. The predicted octanol–water partition coefficient (Wildman–Crippen LogP) is 0.601. The van der Waals surface area contributed by atoms with Crippen molar-refractivity contribution in [3.05, 3.63) is 35.9 Å². The van der Waals surface area contributed by atoms with Crippen molar-refractivity contribution in [2.75, 3.05) is 14.2 Å². The third-order valence-corrected chi connectivity index (χ3v) is 5.30. The number of alkyl carbamates (subject to hydrolysis) is 1. The minimum absolute atomic E-state index is 0.0280. The number of hydrogen-bond donors (Lipinski definition) is 3. The van der Waals surface area contributed by atoms with Gasteiger partial charge < -0.3 is 24.8 Å². The monoisotopic (exact) mass is 503 g/mol.